The molecule has 6 aromatic rings. The standard InChI is InChI=1S/C35H32N4O4S2/c1-4-43-33(41)27-23-44-31(36-27)30-29-28(37(2)34(42)38(3)32(29)40)22-39(30)20-21-45-35(24-14-8-5-9-15-24,25-16-10-6-11-17-25)26-18-12-7-13-19-26/h5-19,22-23H,4,20-21H2,1-3H3. The lowest BCUT2D eigenvalue weighted by Crippen LogP contribution is -2.36. The maximum atomic E-state index is 13.6. The molecule has 228 valence electrons. The van der Waals surface area contributed by atoms with Gasteiger partial charge < -0.3 is 9.30 Å². The summed E-state index contributed by atoms with van der Waals surface area (Å²) in [7, 11) is 3.13. The van der Waals surface area contributed by atoms with E-state index in [9.17, 15) is 14.4 Å². The molecule has 0 unspecified atom stereocenters. The van der Waals surface area contributed by atoms with Crippen LogP contribution in [0.1, 0.15) is 34.1 Å². The van der Waals surface area contributed by atoms with Gasteiger partial charge in [0.15, 0.2) is 5.69 Å². The fourth-order valence-electron chi connectivity index (χ4n) is 5.74. The number of aryl methyl sites for hydroxylation is 2. The summed E-state index contributed by atoms with van der Waals surface area (Å²) in [4.78, 5) is 43.5. The monoisotopic (exact) mass is 636 g/mol. The van der Waals surface area contributed by atoms with E-state index in [4.69, 9.17) is 4.74 Å². The second-order valence-corrected chi connectivity index (χ2v) is 12.7. The molecule has 10 heteroatoms. The maximum absolute atomic E-state index is 13.6. The van der Waals surface area contributed by atoms with Gasteiger partial charge in [-0.25, -0.2) is 14.6 Å². The van der Waals surface area contributed by atoms with Crippen molar-refractivity contribution in [3.63, 3.8) is 0 Å². The van der Waals surface area contributed by atoms with Crippen LogP contribution < -0.4 is 11.2 Å². The number of fused-ring (bicyclic) bond motifs is 1. The first-order valence-electron chi connectivity index (χ1n) is 14.6. The van der Waals surface area contributed by atoms with Gasteiger partial charge in [0.25, 0.3) is 5.56 Å². The zero-order valence-electron chi connectivity index (χ0n) is 25.2. The minimum Gasteiger partial charge on any atom is -0.461 e. The van der Waals surface area contributed by atoms with Crippen molar-refractivity contribution in [2.45, 2.75) is 18.2 Å². The Hall–Kier alpha value is -4.67. The summed E-state index contributed by atoms with van der Waals surface area (Å²) in [6.45, 7) is 2.48. The Morgan fingerprint density at radius 1 is 0.867 bits per heavy atom. The molecule has 0 amide bonds. The zero-order chi connectivity index (χ0) is 31.6. The van der Waals surface area contributed by atoms with E-state index in [2.05, 4.69) is 77.8 Å². The fraction of sp³-hybridized carbons (Fsp3) is 0.200. The van der Waals surface area contributed by atoms with Crippen LogP contribution in [-0.4, -0.2) is 37.0 Å². The lowest BCUT2D eigenvalue weighted by molar-refractivity contribution is 0.0520. The van der Waals surface area contributed by atoms with Gasteiger partial charge in [-0.3, -0.25) is 13.9 Å². The van der Waals surface area contributed by atoms with Gasteiger partial charge in [0.2, 0.25) is 0 Å². The van der Waals surface area contributed by atoms with E-state index in [-0.39, 0.29) is 12.3 Å². The molecule has 45 heavy (non-hydrogen) atoms. The highest BCUT2D eigenvalue weighted by molar-refractivity contribution is 8.00. The summed E-state index contributed by atoms with van der Waals surface area (Å²) in [5.74, 6) is 0.133. The lowest BCUT2D eigenvalue weighted by atomic mass is 9.84. The third kappa shape index (κ3) is 5.44. The van der Waals surface area contributed by atoms with Crippen molar-refractivity contribution in [2.75, 3.05) is 12.4 Å². The highest BCUT2D eigenvalue weighted by Crippen LogP contribution is 2.48. The summed E-state index contributed by atoms with van der Waals surface area (Å²) >= 11 is 3.07. The van der Waals surface area contributed by atoms with Crippen molar-refractivity contribution in [2.24, 2.45) is 14.1 Å². The van der Waals surface area contributed by atoms with E-state index < -0.39 is 22.0 Å². The van der Waals surface area contributed by atoms with Gasteiger partial charge in [-0.1, -0.05) is 91.0 Å². The smallest absolute Gasteiger partial charge is 0.357 e. The SMILES string of the molecule is CCOC(=O)c1csc(-c2c3c(=O)n(C)c(=O)n(C)c3cn2CCSC(c2ccccc2)(c2ccccc2)c2ccccc2)n1. The Morgan fingerprint density at radius 2 is 1.42 bits per heavy atom. The molecule has 3 aromatic carbocycles. The van der Waals surface area contributed by atoms with Gasteiger partial charge in [-0.2, -0.15) is 0 Å². The number of thioether (sulfide) groups is 1. The van der Waals surface area contributed by atoms with Crippen molar-refractivity contribution >= 4 is 40.0 Å². The molecule has 6 rings (SSSR count). The van der Waals surface area contributed by atoms with Crippen molar-refractivity contribution in [1.82, 2.24) is 18.7 Å². The van der Waals surface area contributed by atoms with E-state index in [0.717, 1.165) is 21.3 Å². The van der Waals surface area contributed by atoms with E-state index in [1.54, 1.807) is 31.1 Å². The van der Waals surface area contributed by atoms with Crippen molar-refractivity contribution in [3.05, 3.63) is 146 Å². The van der Waals surface area contributed by atoms with Gasteiger partial charge in [0.05, 0.1) is 28.0 Å². The van der Waals surface area contributed by atoms with Crippen LogP contribution in [0.3, 0.4) is 0 Å². The highest BCUT2D eigenvalue weighted by Gasteiger charge is 2.37. The van der Waals surface area contributed by atoms with Crippen LogP contribution in [0.25, 0.3) is 21.6 Å². The average Bonchev–Trinajstić information content (AvgIpc) is 3.72. The van der Waals surface area contributed by atoms with Crippen LogP contribution in [0.2, 0.25) is 0 Å². The van der Waals surface area contributed by atoms with Crippen LogP contribution in [0, 0.1) is 0 Å². The summed E-state index contributed by atoms with van der Waals surface area (Å²) in [6.07, 6.45) is 1.84. The number of nitrogens with zero attached hydrogens (tertiary/aromatic N) is 4. The van der Waals surface area contributed by atoms with Crippen LogP contribution in [0.15, 0.2) is 112 Å². The largest absolute Gasteiger partial charge is 0.461 e. The molecule has 0 fully saturated rings. The fourth-order valence-corrected chi connectivity index (χ4v) is 8.10. The van der Waals surface area contributed by atoms with Crippen molar-refractivity contribution in [1.29, 1.82) is 0 Å². The van der Waals surface area contributed by atoms with Crippen LogP contribution >= 0.6 is 23.1 Å². The predicted octanol–water partition coefficient (Wildman–Crippen LogP) is 6.06. The lowest BCUT2D eigenvalue weighted by Gasteiger charge is -2.35. The summed E-state index contributed by atoms with van der Waals surface area (Å²) < 4.78 is 9.22. The summed E-state index contributed by atoms with van der Waals surface area (Å²) in [5.41, 5.74) is 3.91. The number of benzene rings is 3. The number of rotatable bonds is 10. The van der Waals surface area contributed by atoms with Gasteiger partial charge in [0, 0.05) is 38.0 Å². The van der Waals surface area contributed by atoms with Gasteiger partial charge in [-0.15, -0.1) is 23.1 Å². The molecule has 0 aliphatic rings. The van der Waals surface area contributed by atoms with Crippen molar-refractivity contribution in [3.8, 4) is 10.7 Å². The second-order valence-electron chi connectivity index (χ2n) is 10.5. The Balaban J connectivity index is 1.48. The number of carbonyl (C=O) groups is 1. The van der Waals surface area contributed by atoms with Crippen molar-refractivity contribution < 1.29 is 9.53 Å². The van der Waals surface area contributed by atoms with Crippen LogP contribution in [-0.2, 0) is 30.1 Å². The number of hydrogen-bond acceptors (Lipinski definition) is 7. The molecular formula is C35H32N4O4S2. The number of thiazole rings is 1. The number of aromatic nitrogens is 4. The second kappa shape index (κ2) is 12.7. The normalized spacial score (nSPS) is 11.6. The zero-order valence-corrected chi connectivity index (χ0v) is 26.8. The molecule has 0 spiro atoms. The molecular weight excluding hydrogens is 605 g/mol. The average molecular weight is 637 g/mol. The maximum Gasteiger partial charge on any atom is 0.357 e. The van der Waals surface area contributed by atoms with E-state index in [1.165, 1.54) is 23.0 Å². The molecule has 0 aliphatic heterocycles. The van der Waals surface area contributed by atoms with E-state index in [0.29, 0.717) is 33.9 Å². The number of carbonyl (C=O) groups excluding carboxylic acids is 1. The molecule has 0 radical (unpaired) electrons. The topological polar surface area (TPSA) is 88.1 Å². The number of esters is 1. The van der Waals surface area contributed by atoms with E-state index >= 15 is 0 Å². The third-order valence-electron chi connectivity index (χ3n) is 7.90. The van der Waals surface area contributed by atoms with Gasteiger partial charge in [-0.05, 0) is 23.6 Å². The Bertz CT molecular complexity index is 1980. The molecule has 0 aliphatic carbocycles. The third-order valence-corrected chi connectivity index (χ3v) is 10.3. The van der Waals surface area contributed by atoms with E-state index in [1.807, 2.05) is 29.0 Å². The Morgan fingerprint density at radius 3 is 1.96 bits per heavy atom. The quantitative estimate of drug-likeness (QED) is 0.134. The first kappa shape index (κ1) is 30.4. The highest BCUT2D eigenvalue weighted by atomic mass is 32.2. The molecule has 0 N–H and O–H groups in total. The molecule has 3 heterocycles. The Labute approximate surface area is 268 Å². The van der Waals surface area contributed by atoms with Crippen LogP contribution in [0.4, 0.5) is 0 Å². The molecule has 0 bridgehead atoms. The summed E-state index contributed by atoms with van der Waals surface area (Å²) in [6, 6.07) is 31.4. The van der Waals surface area contributed by atoms with Crippen LogP contribution in [0.5, 0.6) is 0 Å². The number of hydrogen-bond donors (Lipinski definition) is 0. The molecule has 0 atom stereocenters. The summed E-state index contributed by atoms with van der Waals surface area (Å²) in [5, 5.41) is 2.53. The first-order chi connectivity index (χ1) is 21.9. The van der Waals surface area contributed by atoms with Gasteiger partial charge >= 0.3 is 11.7 Å². The molecule has 0 saturated heterocycles. The minimum atomic E-state index is -0.517. The van der Waals surface area contributed by atoms with Gasteiger partial charge in [0.1, 0.15) is 5.01 Å². The molecule has 0 saturated carbocycles. The first-order valence-corrected chi connectivity index (χ1v) is 16.5. The molecule has 8 nitrogen and oxygen atoms in total. The Kier molecular flexibility index (Phi) is 8.60. The predicted molar refractivity (Wildman–Crippen MR) is 181 cm³/mol. The minimum absolute atomic E-state index is 0.185. The molecule has 3 aromatic heterocycles. The number of ether oxygens (including phenoxy) is 1.